The van der Waals surface area contributed by atoms with Crippen molar-refractivity contribution in [2.45, 2.75) is 19.8 Å². The minimum absolute atomic E-state index is 0.137. The number of carbonyl (C=O) groups is 1. The molecule has 1 amide bonds. The molecule has 0 fully saturated rings. The quantitative estimate of drug-likeness (QED) is 0.894. The standard InChI is InChI=1S/C12H16N4OS/c1-3-10-13-11(15-14-10)12(17)16(2)7-6-9-5-4-8-18-9/h4-5,8H,3,6-7H2,1-2H3,(H,13,14,15). The van der Waals surface area contributed by atoms with E-state index in [2.05, 4.69) is 21.2 Å². The van der Waals surface area contributed by atoms with Crippen LogP contribution in [0.25, 0.3) is 0 Å². The van der Waals surface area contributed by atoms with Crippen molar-refractivity contribution in [3.63, 3.8) is 0 Å². The molecule has 0 saturated heterocycles. The van der Waals surface area contributed by atoms with Crippen LogP contribution in [0.15, 0.2) is 17.5 Å². The molecule has 0 aliphatic carbocycles. The SMILES string of the molecule is CCc1nc(C(=O)N(C)CCc2cccs2)n[nH]1. The molecule has 2 rings (SSSR count). The maximum Gasteiger partial charge on any atom is 0.293 e. The molecule has 0 saturated carbocycles. The molecule has 0 atom stereocenters. The molecule has 2 heterocycles. The van der Waals surface area contributed by atoms with Gasteiger partial charge in [0, 0.05) is 24.9 Å². The first kappa shape index (κ1) is 12.8. The zero-order valence-corrected chi connectivity index (χ0v) is 11.3. The van der Waals surface area contributed by atoms with E-state index in [0.717, 1.165) is 18.7 Å². The maximum absolute atomic E-state index is 12.0. The van der Waals surface area contributed by atoms with Crippen molar-refractivity contribution in [1.82, 2.24) is 20.1 Å². The molecule has 5 nitrogen and oxygen atoms in total. The van der Waals surface area contributed by atoms with Crippen LogP contribution in [0.3, 0.4) is 0 Å². The van der Waals surface area contributed by atoms with Crippen molar-refractivity contribution < 1.29 is 4.79 Å². The van der Waals surface area contributed by atoms with Crippen LogP contribution in [-0.2, 0) is 12.8 Å². The van der Waals surface area contributed by atoms with Crippen LogP contribution in [0.5, 0.6) is 0 Å². The molecule has 0 unspecified atom stereocenters. The summed E-state index contributed by atoms with van der Waals surface area (Å²) >= 11 is 1.70. The molecule has 0 aromatic carbocycles. The maximum atomic E-state index is 12.0. The van der Waals surface area contributed by atoms with Crippen molar-refractivity contribution in [1.29, 1.82) is 0 Å². The molecular formula is C12H16N4OS. The lowest BCUT2D eigenvalue weighted by Crippen LogP contribution is -2.29. The van der Waals surface area contributed by atoms with Crippen molar-refractivity contribution >= 4 is 17.2 Å². The predicted molar refractivity (Wildman–Crippen MR) is 70.7 cm³/mol. The van der Waals surface area contributed by atoms with Crippen molar-refractivity contribution in [3.8, 4) is 0 Å². The molecule has 0 aliphatic heterocycles. The summed E-state index contributed by atoms with van der Waals surface area (Å²) in [6.45, 7) is 2.64. The van der Waals surface area contributed by atoms with Crippen LogP contribution < -0.4 is 0 Å². The fourth-order valence-electron chi connectivity index (χ4n) is 1.55. The van der Waals surface area contributed by atoms with Gasteiger partial charge in [0.25, 0.3) is 5.91 Å². The summed E-state index contributed by atoms with van der Waals surface area (Å²) in [5.74, 6) is 0.855. The Bertz CT molecular complexity index is 506. The van der Waals surface area contributed by atoms with Gasteiger partial charge in [0.1, 0.15) is 5.82 Å². The topological polar surface area (TPSA) is 61.9 Å². The highest BCUT2D eigenvalue weighted by molar-refractivity contribution is 7.09. The first-order valence-corrected chi connectivity index (χ1v) is 6.77. The number of H-pyrrole nitrogens is 1. The molecule has 0 spiro atoms. The lowest BCUT2D eigenvalue weighted by molar-refractivity contribution is 0.0785. The highest BCUT2D eigenvalue weighted by Gasteiger charge is 2.16. The monoisotopic (exact) mass is 264 g/mol. The molecule has 0 bridgehead atoms. The summed E-state index contributed by atoms with van der Waals surface area (Å²) in [5.41, 5.74) is 0. The smallest absolute Gasteiger partial charge is 0.293 e. The fraction of sp³-hybridized carbons (Fsp3) is 0.417. The van der Waals surface area contributed by atoms with Crippen LogP contribution in [0, 0.1) is 0 Å². The van der Waals surface area contributed by atoms with Crippen molar-refractivity contribution in [2.24, 2.45) is 0 Å². The van der Waals surface area contributed by atoms with Crippen LogP contribution in [0.4, 0.5) is 0 Å². The summed E-state index contributed by atoms with van der Waals surface area (Å²) < 4.78 is 0. The first-order valence-electron chi connectivity index (χ1n) is 5.89. The van der Waals surface area contributed by atoms with Crippen molar-refractivity contribution in [3.05, 3.63) is 34.0 Å². The molecule has 0 aliphatic rings. The number of likely N-dealkylation sites (N-methyl/N-ethyl adjacent to an activating group) is 1. The summed E-state index contributed by atoms with van der Waals surface area (Å²) in [4.78, 5) is 19.1. The number of nitrogens with zero attached hydrogens (tertiary/aromatic N) is 3. The van der Waals surface area contributed by atoms with E-state index < -0.39 is 0 Å². The van der Waals surface area contributed by atoms with Crippen LogP contribution in [0.1, 0.15) is 28.2 Å². The Hall–Kier alpha value is -1.69. The van der Waals surface area contributed by atoms with Gasteiger partial charge in [-0.1, -0.05) is 13.0 Å². The number of hydrogen-bond acceptors (Lipinski definition) is 4. The van der Waals surface area contributed by atoms with Gasteiger partial charge in [-0.05, 0) is 17.9 Å². The Morgan fingerprint density at radius 1 is 1.56 bits per heavy atom. The molecule has 6 heteroatoms. The average Bonchev–Trinajstić information content (AvgIpc) is 3.05. The summed E-state index contributed by atoms with van der Waals surface area (Å²) in [7, 11) is 1.78. The van der Waals surface area contributed by atoms with E-state index in [1.807, 2.05) is 18.4 Å². The van der Waals surface area contributed by atoms with Gasteiger partial charge in [0.05, 0.1) is 0 Å². The van der Waals surface area contributed by atoms with Gasteiger partial charge in [0.15, 0.2) is 0 Å². The Kier molecular flexibility index (Phi) is 4.09. The molecule has 1 N–H and O–H groups in total. The highest BCUT2D eigenvalue weighted by atomic mass is 32.1. The summed E-state index contributed by atoms with van der Waals surface area (Å²) in [5, 5.41) is 8.72. The number of thiophene rings is 1. The van der Waals surface area contributed by atoms with Crippen LogP contribution in [0.2, 0.25) is 0 Å². The number of nitrogens with one attached hydrogen (secondary N) is 1. The largest absolute Gasteiger partial charge is 0.339 e. The third-order valence-electron chi connectivity index (χ3n) is 2.68. The van der Waals surface area contributed by atoms with E-state index in [0.29, 0.717) is 6.54 Å². The fourth-order valence-corrected chi connectivity index (χ4v) is 2.25. The molecule has 0 radical (unpaired) electrons. The minimum Gasteiger partial charge on any atom is -0.339 e. The van der Waals surface area contributed by atoms with E-state index in [4.69, 9.17) is 0 Å². The second-order valence-corrected chi connectivity index (χ2v) is 5.05. The second-order valence-electron chi connectivity index (χ2n) is 4.02. The molecule has 18 heavy (non-hydrogen) atoms. The number of amides is 1. The number of aromatic amines is 1. The Morgan fingerprint density at radius 2 is 2.39 bits per heavy atom. The zero-order chi connectivity index (χ0) is 13.0. The van der Waals surface area contributed by atoms with Gasteiger partial charge >= 0.3 is 0 Å². The van der Waals surface area contributed by atoms with Gasteiger partial charge < -0.3 is 4.90 Å². The minimum atomic E-state index is -0.137. The molecule has 2 aromatic rings. The Balaban J connectivity index is 1.92. The first-order chi connectivity index (χ1) is 8.70. The molecule has 96 valence electrons. The van der Waals surface area contributed by atoms with Crippen molar-refractivity contribution in [2.75, 3.05) is 13.6 Å². The zero-order valence-electron chi connectivity index (χ0n) is 10.5. The van der Waals surface area contributed by atoms with Gasteiger partial charge in [-0.15, -0.1) is 16.4 Å². The Labute approximate surface area is 110 Å². The number of aryl methyl sites for hydroxylation is 1. The normalized spacial score (nSPS) is 10.6. The van der Waals surface area contributed by atoms with Crippen LogP contribution >= 0.6 is 11.3 Å². The van der Waals surface area contributed by atoms with Gasteiger partial charge in [-0.3, -0.25) is 9.89 Å². The summed E-state index contributed by atoms with van der Waals surface area (Å²) in [6, 6.07) is 4.09. The van der Waals surface area contributed by atoms with Gasteiger partial charge in [-0.25, -0.2) is 4.98 Å². The third kappa shape index (κ3) is 2.95. The van der Waals surface area contributed by atoms with Crippen LogP contribution in [-0.4, -0.2) is 39.6 Å². The summed E-state index contributed by atoms with van der Waals surface area (Å²) in [6.07, 6.45) is 1.62. The molecular weight excluding hydrogens is 248 g/mol. The number of rotatable bonds is 5. The number of carbonyl (C=O) groups excluding carboxylic acids is 1. The predicted octanol–water partition coefficient (Wildman–Crippen LogP) is 1.74. The van der Waals surface area contributed by atoms with Gasteiger partial charge in [-0.2, -0.15) is 0 Å². The number of hydrogen-bond donors (Lipinski definition) is 1. The Morgan fingerprint density at radius 3 is 3.00 bits per heavy atom. The van der Waals surface area contributed by atoms with E-state index in [-0.39, 0.29) is 11.7 Å². The lowest BCUT2D eigenvalue weighted by atomic mass is 10.3. The second kappa shape index (κ2) is 5.77. The van der Waals surface area contributed by atoms with E-state index in [1.165, 1.54) is 4.88 Å². The van der Waals surface area contributed by atoms with Gasteiger partial charge in [0.2, 0.25) is 5.82 Å². The van der Waals surface area contributed by atoms with E-state index in [1.54, 1.807) is 23.3 Å². The lowest BCUT2D eigenvalue weighted by Gasteiger charge is -2.14. The average molecular weight is 264 g/mol. The van der Waals surface area contributed by atoms with E-state index >= 15 is 0 Å². The highest BCUT2D eigenvalue weighted by Crippen LogP contribution is 2.10. The number of aromatic nitrogens is 3. The molecule has 2 aromatic heterocycles. The third-order valence-corrected chi connectivity index (χ3v) is 3.61. The van der Waals surface area contributed by atoms with E-state index in [9.17, 15) is 4.79 Å².